The molecule has 2 saturated carbocycles. The van der Waals surface area contributed by atoms with Gasteiger partial charge >= 0.3 is 11.9 Å². The molecule has 4 aliphatic rings. The first-order chi connectivity index (χ1) is 43.0. The Morgan fingerprint density at radius 2 is 0.967 bits per heavy atom. The van der Waals surface area contributed by atoms with E-state index in [0.29, 0.717) is 85.4 Å². The zero-order valence-corrected chi connectivity index (χ0v) is 55.5. The largest absolute Gasteiger partial charge is 0.497 e. The van der Waals surface area contributed by atoms with Gasteiger partial charge in [-0.15, -0.1) is 0 Å². The number of nitrogens with zero attached hydrogens (tertiary/aromatic N) is 3. The molecule has 2 fully saturated rings. The van der Waals surface area contributed by atoms with Crippen LogP contribution < -0.4 is 30.6 Å². The third kappa shape index (κ3) is 17.5. The molecule has 4 aromatic carbocycles. The summed E-state index contributed by atoms with van der Waals surface area (Å²) < 4.78 is 51.2. The number of methoxy groups -OCH3 is 2. The molecule has 0 radical (unpaired) electrons. The van der Waals surface area contributed by atoms with Crippen molar-refractivity contribution in [3.8, 4) is 34.0 Å². The molecule has 18 heteroatoms. The minimum Gasteiger partial charge on any atom is -0.497 e. The molecule has 10 rings (SSSR count). The Kier molecular flexibility index (Phi) is 24.8. The van der Waals surface area contributed by atoms with Crippen LogP contribution in [-0.2, 0) is 42.4 Å². The van der Waals surface area contributed by atoms with Crippen molar-refractivity contribution in [1.29, 1.82) is 0 Å². The molecule has 0 saturated heterocycles. The van der Waals surface area contributed by atoms with E-state index in [1.54, 1.807) is 14.2 Å². The third-order valence-electron chi connectivity index (χ3n) is 17.7. The number of carbonyl (C=O) groups is 4. The number of amides is 2. The first-order valence-electron chi connectivity index (χ1n) is 32.5. The monoisotopic (exact) mass is 1280 g/mol. The van der Waals surface area contributed by atoms with Crippen LogP contribution in [0.3, 0.4) is 0 Å². The molecule has 92 heavy (non-hydrogen) atoms. The van der Waals surface area contributed by atoms with Gasteiger partial charge in [-0.1, -0.05) is 78.4 Å². The molecule has 2 aliphatic carbocycles. The van der Waals surface area contributed by atoms with Gasteiger partial charge in [0, 0.05) is 70.8 Å². The van der Waals surface area contributed by atoms with Crippen molar-refractivity contribution >= 4 is 67.9 Å². The molecule has 0 atom stereocenters. The van der Waals surface area contributed by atoms with Crippen molar-refractivity contribution in [3.05, 3.63) is 117 Å². The lowest BCUT2D eigenvalue weighted by atomic mass is 9.81. The molecule has 5 N–H and O–H groups in total. The first kappa shape index (κ1) is 72.2. The van der Waals surface area contributed by atoms with Crippen LogP contribution in [-0.4, -0.2) is 111 Å². The standard InChI is InChI=1S/C36H48N4O6S.C36H47N3O4.2CH4/c1-36(2,3)46-35(42)25-14-16-30-31(22-25)40-23-27(34(41)38-18-10-7-11-19-39(4)47(37,43)44)20-26-21-28(45-5)15-17-29(26)33(40)32(30)24-12-8-6-9-13-24;1-36(2,3)43-35(41)25-14-16-30-31(22-25)39-23-27(34(40)38-19-11-7-10-18-37-4)20-26-21-28(42-5)15-17-29(26)33(39)32(30)24-12-8-6-9-13-24;;/h14-17,20-22,24H,6-13,18-19,23H2,1-5H3,(H,38,41)(H2,37,43,44);14-17,20-22,24,37H,6-13,18-19,23H2,1-5H3,(H,38,40);2*1H4. The van der Waals surface area contributed by atoms with E-state index in [1.165, 1.54) is 56.7 Å². The van der Waals surface area contributed by atoms with E-state index in [-0.39, 0.29) is 38.6 Å². The maximum Gasteiger partial charge on any atom is 0.338 e. The number of nitrogens with one attached hydrogen (secondary N) is 3. The summed E-state index contributed by atoms with van der Waals surface area (Å²) in [5, 5.41) is 16.9. The number of aromatic nitrogens is 2. The van der Waals surface area contributed by atoms with E-state index in [9.17, 15) is 27.6 Å². The van der Waals surface area contributed by atoms with Crippen LogP contribution in [0.15, 0.2) is 83.9 Å². The minimum absolute atomic E-state index is 0. The average Bonchev–Trinajstić information content (AvgIpc) is 1.58. The number of nitrogens with two attached hydrogens (primary N) is 1. The van der Waals surface area contributed by atoms with E-state index < -0.39 is 21.4 Å². The zero-order valence-electron chi connectivity index (χ0n) is 54.7. The fraction of sp³-hybridized carbons (Fsp3) is 0.514. The normalized spacial score (nSPS) is 15.1. The summed E-state index contributed by atoms with van der Waals surface area (Å²) >= 11 is 0. The van der Waals surface area contributed by atoms with Gasteiger partial charge in [0.1, 0.15) is 22.7 Å². The number of unbranched alkanes of at least 4 members (excludes halogenated alkanes) is 4. The van der Waals surface area contributed by atoms with Crippen LogP contribution in [0.5, 0.6) is 11.5 Å². The molecule has 0 spiro atoms. The van der Waals surface area contributed by atoms with Gasteiger partial charge in [-0.05, 0) is 213 Å². The Bertz CT molecular complexity index is 3770. The Morgan fingerprint density at radius 1 is 0.565 bits per heavy atom. The number of hydrogen-bond donors (Lipinski definition) is 4. The highest BCUT2D eigenvalue weighted by Gasteiger charge is 2.34. The summed E-state index contributed by atoms with van der Waals surface area (Å²) in [6.45, 7) is 14.4. The molecule has 0 unspecified atom stereocenters. The number of esters is 2. The van der Waals surface area contributed by atoms with Crippen molar-refractivity contribution in [2.24, 2.45) is 5.14 Å². The molecule has 4 heterocycles. The number of benzene rings is 4. The quantitative estimate of drug-likeness (QED) is 0.0393. The lowest BCUT2D eigenvalue weighted by molar-refractivity contribution is -0.118. The summed E-state index contributed by atoms with van der Waals surface area (Å²) in [6.07, 6.45) is 20.9. The van der Waals surface area contributed by atoms with Gasteiger partial charge in [-0.2, -0.15) is 12.7 Å². The molecule has 2 aromatic heterocycles. The Labute approximate surface area is 547 Å². The Balaban J connectivity index is 0.000000256. The van der Waals surface area contributed by atoms with Crippen LogP contribution in [0.25, 0.3) is 56.5 Å². The molecule has 6 aromatic rings. The van der Waals surface area contributed by atoms with Gasteiger partial charge < -0.3 is 44.0 Å². The van der Waals surface area contributed by atoms with Gasteiger partial charge in [-0.25, -0.2) is 14.7 Å². The summed E-state index contributed by atoms with van der Waals surface area (Å²) in [7, 11) is 3.03. The highest BCUT2D eigenvalue weighted by atomic mass is 32.2. The summed E-state index contributed by atoms with van der Waals surface area (Å²) in [6, 6.07) is 24.0. The summed E-state index contributed by atoms with van der Waals surface area (Å²) in [4.78, 5) is 53.8. The minimum atomic E-state index is -3.70. The fourth-order valence-electron chi connectivity index (χ4n) is 13.3. The molecular formula is C74H103N7O10S. The Hall–Kier alpha value is -7.25. The predicted molar refractivity (Wildman–Crippen MR) is 373 cm³/mol. The second-order valence-electron chi connectivity index (χ2n) is 26.7. The van der Waals surface area contributed by atoms with Gasteiger partial charge in [-0.3, -0.25) is 9.59 Å². The first-order valence-corrected chi connectivity index (χ1v) is 34.0. The maximum atomic E-state index is 13.8. The second-order valence-corrected chi connectivity index (χ2v) is 28.3. The van der Waals surface area contributed by atoms with E-state index in [4.69, 9.17) is 24.1 Å². The van der Waals surface area contributed by atoms with E-state index in [0.717, 1.165) is 123 Å². The summed E-state index contributed by atoms with van der Waals surface area (Å²) in [5.41, 5.74) is 11.8. The molecule has 500 valence electrons. The lowest BCUT2D eigenvalue weighted by Gasteiger charge is -2.24. The van der Waals surface area contributed by atoms with Crippen molar-refractivity contribution < 1.29 is 46.5 Å². The number of carbonyl (C=O) groups excluding carboxylic acids is 4. The van der Waals surface area contributed by atoms with E-state index in [1.807, 2.05) is 109 Å². The van der Waals surface area contributed by atoms with Crippen LogP contribution >= 0.6 is 0 Å². The predicted octanol–water partition coefficient (Wildman–Crippen LogP) is 14.6. The average molecular weight is 1280 g/mol. The van der Waals surface area contributed by atoms with Gasteiger partial charge in [0.25, 0.3) is 10.2 Å². The van der Waals surface area contributed by atoms with E-state index >= 15 is 0 Å². The van der Waals surface area contributed by atoms with Gasteiger partial charge in [0.05, 0.1) is 49.8 Å². The van der Waals surface area contributed by atoms with Gasteiger partial charge in [0.2, 0.25) is 11.8 Å². The van der Waals surface area contributed by atoms with Crippen LogP contribution in [0, 0.1) is 0 Å². The number of fused-ring (bicyclic) bond motifs is 10. The van der Waals surface area contributed by atoms with Crippen molar-refractivity contribution in [2.45, 2.75) is 195 Å². The molecule has 2 aliphatic heterocycles. The third-order valence-corrected chi connectivity index (χ3v) is 18.7. The molecule has 0 bridgehead atoms. The van der Waals surface area contributed by atoms with Crippen molar-refractivity contribution in [2.75, 3.05) is 54.5 Å². The van der Waals surface area contributed by atoms with Crippen LogP contribution in [0.1, 0.15) is 214 Å². The number of ether oxygens (including phenoxy) is 4. The maximum absolute atomic E-state index is 13.8. The molecule has 2 amide bonds. The summed E-state index contributed by atoms with van der Waals surface area (Å²) in [5.74, 6) is 1.32. The number of hydrogen-bond acceptors (Lipinski definition) is 11. The number of rotatable bonds is 21. The highest BCUT2D eigenvalue weighted by Crippen LogP contribution is 2.49. The topological polar surface area (TPSA) is 215 Å². The van der Waals surface area contributed by atoms with Crippen LogP contribution in [0.4, 0.5) is 0 Å². The Morgan fingerprint density at radius 3 is 1.35 bits per heavy atom. The molecular weight excluding hydrogens is 1180 g/mol. The second kappa shape index (κ2) is 31.6. The fourth-order valence-corrected chi connectivity index (χ4v) is 13.7. The highest BCUT2D eigenvalue weighted by molar-refractivity contribution is 7.86. The van der Waals surface area contributed by atoms with E-state index in [2.05, 4.69) is 49.4 Å². The van der Waals surface area contributed by atoms with Crippen molar-refractivity contribution in [3.63, 3.8) is 0 Å². The smallest absolute Gasteiger partial charge is 0.338 e. The zero-order chi connectivity index (χ0) is 64.5. The van der Waals surface area contributed by atoms with Crippen molar-refractivity contribution in [1.82, 2.24) is 29.4 Å². The van der Waals surface area contributed by atoms with Gasteiger partial charge in [0.15, 0.2) is 0 Å². The lowest BCUT2D eigenvalue weighted by Crippen LogP contribution is -2.34. The van der Waals surface area contributed by atoms with Crippen LogP contribution in [0.2, 0.25) is 0 Å². The molecule has 17 nitrogen and oxygen atoms in total. The SMILES string of the molecule is C.C.CNCCCCCNC(=O)C1=Cc2cc(OC)ccc2-c2c(C3CCCCC3)c3ccc(C(=O)OC(C)(C)C)cc3n2C1.COc1ccc2c(c1)C=C(C(=O)NCCCCCN(C)S(N)(=O)=O)Cn1c-2c(C2CCCCC2)c2ccc(C(=O)OC(C)(C)C)cc21.